The monoisotopic (exact) mass is 595 g/mol. The summed E-state index contributed by atoms with van der Waals surface area (Å²) in [6.45, 7) is 11.9. The number of aryl methyl sites for hydroxylation is 2. The lowest BCUT2D eigenvalue weighted by molar-refractivity contribution is -0.131. The molecule has 4 nitrogen and oxygen atoms in total. The highest BCUT2D eigenvalue weighted by molar-refractivity contribution is 6.31. The highest BCUT2D eigenvalue weighted by Crippen LogP contribution is 2.39. The molecule has 1 amide bonds. The fraction of sp³-hybridized carbons (Fsp3) is 0.639. The van der Waals surface area contributed by atoms with Gasteiger partial charge in [-0.05, 0) is 119 Å². The molecule has 42 heavy (non-hydrogen) atoms. The van der Waals surface area contributed by atoms with Crippen LogP contribution in [0.5, 0.6) is 0 Å². The van der Waals surface area contributed by atoms with Crippen molar-refractivity contribution in [2.24, 2.45) is 0 Å². The van der Waals surface area contributed by atoms with Crippen LogP contribution >= 0.6 is 11.6 Å². The van der Waals surface area contributed by atoms with Gasteiger partial charge in [-0.25, -0.2) is 4.39 Å². The molecule has 2 aromatic carbocycles. The van der Waals surface area contributed by atoms with Gasteiger partial charge in [0, 0.05) is 35.1 Å². The van der Waals surface area contributed by atoms with Crippen molar-refractivity contribution >= 4 is 17.5 Å². The Morgan fingerprint density at radius 2 is 1.67 bits per heavy atom. The zero-order chi connectivity index (χ0) is 29.5. The summed E-state index contributed by atoms with van der Waals surface area (Å²) in [5.41, 5.74) is 4.44. The molecule has 3 saturated heterocycles. The van der Waals surface area contributed by atoms with Crippen LogP contribution in [0.2, 0.25) is 5.02 Å². The molecule has 0 unspecified atom stereocenters. The lowest BCUT2D eigenvalue weighted by Crippen LogP contribution is -2.48. The molecule has 0 saturated carbocycles. The Morgan fingerprint density at radius 3 is 2.38 bits per heavy atom. The van der Waals surface area contributed by atoms with Crippen LogP contribution in [0.1, 0.15) is 93.9 Å². The van der Waals surface area contributed by atoms with E-state index in [-0.39, 0.29) is 17.7 Å². The fourth-order valence-electron chi connectivity index (χ4n) is 7.84. The number of carbonyl (C=O) groups is 1. The minimum atomic E-state index is -0.396. The average molecular weight is 596 g/mol. The number of hydrogen-bond donors (Lipinski definition) is 0. The van der Waals surface area contributed by atoms with Crippen LogP contribution in [0, 0.1) is 5.82 Å². The molecule has 0 aromatic heterocycles. The van der Waals surface area contributed by atoms with Gasteiger partial charge in [-0.2, -0.15) is 0 Å². The summed E-state index contributed by atoms with van der Waals surface area (Å²) in [6.07, 6.45) is 12.9. The third-order valence-electron chi connectivity index (χ3n) is 10.5. The molecule has 0 aliphatic carbocycles. The van der Waals surface area contributed by atoms with Crippen molar-refractivity contribution in [2.75, 3.05) is 45.8 Å². The summed E-state index contributed by atoms with van der Waals surface area (Å²) in [6, 6.07) is 12.6. The van der Waals surface area contributed by atoms with Crippen molar-refractivity contribution < 1.29 is 9.18 Å². The van der Waals surface area contributed by atoms with Crippen molar-refractivity contribution in [1.82, 2.24) is 14.7 Å². The number of amides is 1. The lowest BCUT2D eigenvalue weighted by Gasteiger charge is -2.42. The van der Waals surface area contributed by atoms with Gasteiger partial charge in [0.15, 0.2) is 0 Å². The summed E-state index contributed by atoms with van der Waals surface area (Å²) in [5.74, 6) is -0.413. The quantitative estimate of drug-likeness (QED) is 0.301. The molecule has 2 aromatic rings. The van der Waals surface area contributed by atoms with Crippen LogP contribution in [0.15, 0.2) is 36.4 Å². The topological polar surface area (TPSA) is 26.8 Å². The molecule has 3 fully saturated rings. The summed E-state index contributed by atoms with van der Waals surface area (Å²) in [4.78, 5) is 21.2. The van der Waals surface area contributed by atoms with Gasteiger partial charge in [0.2, 0.25) is 5.91 Å². The molecule has 0 N–H and O–H groups in total. The van der Waals surface area contributed by atoms with Crippen LogP contribution in [-0.2, 0) is 29.5 Å². The van der Waals surface area contributed by atoms with E-state index in [9.17, 15) is 9.18 Å². The number of rotatable bonds is 9. The van der Waals surface area contributed by atoms with Crippen LogP contribution in [0.25, 0.3) is 0 Å². The molecule has 1 atom stereocenters. The minimum Gasteiger partial charge on any atom is -0.342 e. The van der Waals surface area contributed by atoms with E-state index in [0.29, 0.717) is 17.1 Å². The van der Waals surface area contributed by atoms with Crippen molar-refractivity contribution in [3.8, 4) is 0 Å². The summed E-state index contributed by atoms with van der Waals surface area (Å²) in [7, 11) is 0. The van der Waals surface area contributed by atoms with E-state index in [1.165, 1.54) is 81.0 Å². The third kappa shape index (κ3) is 7.39. The highest BCUT2D eigenvalue weighted by Gasteiger charge is 2.38. The van der Waals surface area contributed by atoms with Crippen LogP contribution in [0.4, 0.5) is 4.39 Å². The first kappa shape index (κ1) is 31.5. The summed E-state index contributed by atoms with van der Waals surface area (Å²) >= 11 is 6.33. The number of likely N-dealkylation sites (tertiary alicyclic amines) is 3. The number of halogens is 2. The normalized spacial score (nSPS) is 23.2. The number of hydrogen-bond acceptors (Lipinski definition) is 3. The molecular formula is C36H51ClFN3O. The summed E-state index contributed by atoms with van der Waals surface area (Å²) in [5, 5.41) is 0.333. The Hall–Kier alpha value is -1.95. The van der Waals surface area contributed by atoms with E-state index in [1.807, 2.05) is 4.90 Å². The van der Waals surface area contributed by atoms with Crippen molar-refractivity contribution in [1.29, 1.82) is 0 Å². The van der Waals surface area contributed by atoms with Crippen LogP contribution in [0.3, 0.4) is 0 Å². The van der Waals surface area contributed by atoms with Gasteiger partial charge in [-0.1, -0.05) is 62.6 Å². The van der Waals surface area contributed by atoms with E-state index < -0.39 is 5.82 Å². The maximum Gasteiger partial charge on any atom is 0.227 e. The average Bonchev–Trinajstić information content (AvgIpc) is 3.26. The van der Waals surface area contributed by atoms with Gasteiger partial charge < -0.3 is 14.7 Å². The molecule has 0 radical (unpaired) electrons. The first-order valence-electron chi connectivity index (χ1n) is 16.7. The molecule has 6 heteroatoms. The Labute approximate surface area is 258 Å². The summed E-state index contributed by atoms with van der Waals surface area (Å²) < 4.78 is 14.6. The first-order chi connectivity index (χ1) is 20.4. The molecular weight excluding hydrogens is 545 g/mol. The zero-order valence-electron chi connectivity index (χ0n) is 26.0. The van der Waals surface area contributed by atoms with Crippen molar-refractivity contribution in [2.45, 2.75) is 102 Å². The van der Waals surface area contributed by atoms with E-state index in [4.69, 9.17) is 11.6 Å². The van der Waals surface area contributed by atoms with Crippen LogP contribution in [-0.4, -0.2) is 72.5 Å². The number of nitrogens with zero attached hydrogens (tertiary/aromatic N) is 3. The SMILES string of the molecule is CCc1ccc([C@@]2(CCN3CCC(N4CCCCC4)CC3)CCCCN(C(=O)Cc3c(F)cccc3Cl)C2)cc1CC. The van der Waals surface area contributed by atoms with E-state index in [2.05, 4.69) is 41.8 Å². The third-order valence-corrected chi connectivity index (χ3v) is 10.9. The zero-order valence-corrected chi connectivity index (χ0v) is 26.7. The Bertz CT molecular complexity index is 1170. The number of piperidine rings is 2. The lowest BCUT2D eigenvalue weighted by atomic mass is 9.72. The molecule has 0 bridgehead atoms. The van der Waals surface area contributed by atoms with Crippen LogP contribution < -0.4 is 0 Å². The molecule has 3 aliphatic rings. The van der Waals surface area contributed by atoms with Gasteiger partial charge in [-0.3, -0.25) is 4.79 Å². The van der Waals surface area contributed by atoms with Crippen molar-refractivity contribution in [3.05, 3.63) is 69.5 Å². The molecule has 0 spiro atoms. The Kier molecular flexibility index (Phi) is 11.0. The van der Waals surface area contributed by atoms with Gasteiger partial charge in [0.25, 0.3) is 0 Å². The van der Waals surface area contributed by atoms with Crippen molar-refractivity contribution in [3.63, 3.8) is 0 Å². The standard InChI is InChI=1S/C36H51ClFN3O/c1-3-28-13-14-30(25-29(28)4-2)36(18-24-39-22-15-31(16-23-39)40-19-7-5-8-20-40)17-6-9-21-41(27-36)35(42)26-32-33(37)11-10-12-34(32)38/h10-14,25,31H,3-9,15-24,26-27H2,1-2H3/t36-/m1/s1. The Balaban J connectivity index is 1.35. The van der Waals surface area contributed by atoms with E-state index in [0.717, 1.165) is 57.7 Å². The predicted octanol–water partition coefficient (Wildman–Crippen LogP) is 7.44. The second kappa shape index (κ2) is 14.7. The number of benzene rings is 2. The van der Waals surface area contributed by atoms with E-state index >= 15 is 0 Å². The largest absolute Gasteiger partial charge is 0.342 e. The minimum absolute atomic E-state index is 0.0145. The van der Waals surface area contributed by atoms with Gasteiger partial charge in [0.1, 0.15) is 5.82 Å². The second-order valence-electron chi connectivity index (χ2n) is 13.0. The molecule has 5 rings (SSSR count). The predicted molar refractivity (Wildman–Crippen MR) is 172 cm³/mol. The number of carbonyl (C=O) groups excluding carboxylic acids is 1. The van der Waals surface area contributed by atoms with E-state index in [1.54, 1.807) is 12.1 Å². The maximum atomic E-state index is 14.6. The van der Waals surface area contributed by atoms with Gasteiger partial charge >= 0.3 is 0 Å². The molecule has 230 valence electrons. The fourth-order valence-corrected chi connectivity index (χ4v) is 8.07. The van der Waals surface area contributed by atoms with Gasteiger partial charge in [0.05, 0.1) is 6.42 Å². The smallest absolute Gasteiger partial charge is 0.227 e. The molecule has 3 aliphatic heterocycles. The second-order valence-corrected chi connectivity index (χ2v) is 13.4. The molecule has 3 heterocycles. The van der Waals surface area contributed by atoms with Gasteiger partial charge in [-0.15, -0.1) is 0 Å². The highest BCUT2D eigenvalue weighted by atomic mass is 35.5. The maximum absolute atomic E-state index is 14.6. The Morgan fingerprint density at radius 1 is 0.929 bits per heavy atom. The first-order valence-corrected chi connectivity index (χ1v) is 17.1.